The van der Waals surface area contributed by atoms with Crippen LogP contribution in [0.15, 0.2) is 12.3 Å². The van der Waals surface area contributed by atoms with E-state index in [0.717, 1.165) is 25.7 Å². The number of nitrogens with two attached hydrogens (primary N) is 2. The molecule has 0 radical (unpaired) electrons. The SMILES string of the molecule is CN(c1ncc(N)cc1C(N)=O)C1CCCCC1O. The summed E-state index contributed by atoms with van der Waals surface area (Å²) in [5.74, 6) is -0.0837. The number of hydrogen-bond donors (Lipinski definition) is 3. The van der Waals surface area contributed by atoms with Crippen LogP contribution in [0.3, 0.4) is 0 Å². The van der Waals surface area contributed by atoms with E-state index < -0.39 is 12.0 Å². The van der Waals surface area contributed by atoms with E-state index in [0.29, 0.717) is 17.1 Å². The van der Waals surface area contributed by atoms with Crippen LogP contribution in [0, 0.1) is 0 Å². The fourth-order valence-corrected chi connectivity index (χ4v) is 2.64. The van der Waals surface area contributed by atoms with Crippen LogP contribution < -0.4 is 16.4 Å². The Labute approximate surface area is 112 Å². The van der Waals surface area contributed by atoms with Gasteiger partial charge in [-0.05, 0) is 18.9 Å². The van der Waals surface area contributed by atoms with Crippen LogP contribution >= 0.6 is 0 Å². The van der Waals surface area contributed by atoms with Gasteiger partial charge in [0.05, 0.1) is 29.6 Å². The molecule has 5 N–H and O–H groups in total. The molecule has 0 aliphatic heterocycles. The van der Waals surface area contributed by atoms with Crippen molar-refractivity contribution in [2.75, 3.05) is 17.7 Å². The molecule has 1 aliphatic carbocycles. The number of primary amides is 1. The third kappa shape index (κ3) is 2.78. The minimum atomic E-state index is -0.563. The predicted molar refractivity (Wildman–Crippen MR) is 73.8 cm³/mol. The van der Waals surface area contributed by atoms with Crippen LogP contribution in [0.1, 0.15) is 36.0 Å². The van der Waals surface area contributed by atoms with Crippen molar-refractivity contribution in [3.8, 4) is 0 Å². The van der Waals surface area contributed by atoms with Crippen LogP contribution in [0.2, 0.25) is 0 Å². The quantitative estimate of drug-likeness (QED) is 0.737. The van der Waals surface area contributed by atoms with Crippen LogP contribution in [-0.4, -0.2) is 35.2 Å². The number of likely N-dealkylation sites (N-methyl/N-ethyl adjacent to an activating group) is 1. The molecule has 2 atom stereocenters. The van der Waals surface area contributed by atoms with Gasteiger partial charge in [-0.3, -0.25) is 4.79 Å². The van der Waals surface area contributed by atoms with Gasteiger partial charge in [-0.25, -0.2) is 4.98 Å². The van der Waals surface area contributed by atoms with Crippen molar-refractivity contribution in [1.82, 2.24) is 4.98 Å². The van der Waals surface area contributed by atoms with Crippen LogP contribution in [0.5, 0.6) is 0 Å². The second-order valence-corrected chi connectivity index (χ2v) is 5.03. The van der Waals surface area contributed by atoms with E-state index in [1.165, 1.54) is 12.3 Å². The fourth-order valence-electron chi connectivity index (χ4n) is 2.64. The maximum atomic E-state index is 11.5. The van der Waals surface area contributed by atoms with E-state index in [1.54, 1.807) is 0 Å². The molecule has 19 heavy (non-hydrogen) atoms. The summed E-state index contributed by atoms with van der Waals surface area (Å²) in [6, 6.07) is 1.49. The van der Waals surface area contributed by atoms with Crippen molar-refractivity contribution < 1.29 is 9.90 Å². The van der Waals surface area contributed by atoms with Crippen molar-refractivity contribution >= 4 is 17.4 Å². The van der Waals surface area contributed by atoms with Crippen molar-refractivity contribution in [2.24, 2.45) is 5.73 Å². The zero-order chi connectivity index (χ0) is 14.0. The Bertz CT molecular complexity index is 478. The summed E-state index contributed by atoms with van der Waals surface area (Å²) >= 11 is 0. The molecule has 2 rings (SSSR count). The molecular formula is C13H20N4O2. The van der Waals surface area contributed by atoms with Gasteiger partial charge in [-0.1, -0.05) is 12.8 Å². The first-order valence-electron chi connectivity index (χ1n) is 6.47. The molecule has 0 spiro atoms. The molecular weight excluding hydrogens is 244 g/mol. The average Bonchev–Trinajstić information content (AvgIpc) is 2.38. The summed E-state index contributed by atoms with van der Waals surface area (Å²) in [7, 11) is 1.82. The highest BCUT2D eigenvalue weighted by molar-refractivity contribution is 5.98. The number of anilines is 2. The number of aliphatic hydroxyl groups is 1. The zero-order valence-corrected chi connectivity index (χ0v) is 11.0. The summed E-state index contributed by atoms with van der Waals surface area (Å²) in [6.07, 6.45) is 4.83. The maximum Gasteiger partial charge on any atom is 0.252 e. The topological polar surface area (TPSA) is 105 Å². The van der Waals surface area contributed by atoms with Gasteiger partial charge in [-0.2, -0.15) is 0 Å². The molecule has 1 aromatic heterocycles. The van der Waals surface area contributed by atoms with Gasteiger partial charge in [0.15, 0.2) is 0 Å². The number of amides is 1. The number of nitrogen functional groups attached to an aromatic ring is 1. The maximum absolute atomic E-state index is 11.5. The average molecular weight is 264 g/mol. The van der Waals surface area contributed by atoms with Crippen molar-refractivity contribution in [2.45, 2.75) is 37.8 Å². The number of aromatic nitrogens is 1. The molecule has 1 heterocycles. The minimum Gasteiger partial charge on any atom is -0.397 e. The number of carbonyl (C=O) groups is 1. The number of carbonyl (C=O) groups excluding carboxylic acids is 1. The fraction of sp³-hybridized carbons (Fsp3) is 0.538. The van der Waals surface area contributed by atoms with E-state index in [9.17, 15) is 9.90 Å². The second-order valence-electron chi connectivity index (χ2n) is 5.03. The molecule has 6 heteroatoms. The van der Waals surface area contributed by atoms with Crippen molar-refractivity contribution in [3.05, 3.63) is 17.8 Å². The van der Waals surface area contributed by atoms with Crippen LogP contribution in [0.4, 0.5) is 11.5 Å². The largest absolute Gasteiger partial charge is 0.397 e. The molecule has 1 amide bonds. The van der Waals surface area contributed by atoms with Crippen LogP contribution in [-0.2, 0) is 0 Å². The van der Waals surface area contributed by atoms with Gasteiger partial charge < -0.3 is 21.5 Å². The smallest absolute Gasteiger partial charge is 0.252 e. The van der Waals surface area contributed by atoms with Gasteiger partial charge in [0.25, 0.3) is 5.91 Å². The Kier molecular flexibility index (Phi) is 3.90. The first kappa shape index (κ1) is 13.6. The number of pyridine rings is 1. The first-order chi connectivity index (χ1) is 9.00. The summed E-state index contributed by atoms with van der Waals surface area (Å²) < 4.78 is 0. The monoisotopic (exact) mass is 264 g/mol. The highest BCUT2D eigenvalue weighted by Gasteiger charge is 2.29. The summed E-state index contributed by atoms with van der Waals surface area (Å²) in [5.41, 5.74) is 11.7. The normalized spacial score (nSPS) is 23.1. The number of hydrogen-bond acceptors (Lipinski definition) is 5. The van der Waals surface area contributed by atoms with E-state index in [4.69, 9.17) is 11.5 Å². The first-order valence-corrected chi connectivity index (χ1v) is 6.47. The lowest BCUT2D eigenvalue weighted by Gasteiger charge is -2.36. The molecule has 0 bridgehead atoms. The molecule has 0 aromatic carbocycles. The van der Waals surface area contributed by atoms with Crippen molar-refractivity contribution in [1.29, 1.82) is 0 Å². The number of rotatable bonds is 3. The molecule has 2 unspecified atom stereocenters. The zero-order valence-electron chi connectivity index (χ0n) is 11.0. The van der Waals surface area contributed by atoms with Gasteiger partial charge in [0.2, 0.25) is 0 Å². The Morgan fingerprint density at radius 2 is 2.16 bits per heavy atom. The van der Waals surface area contributed by atoms with Gasteiger partial charge >= 0.3 is 0 Å². The Hall–Kier alpha value is -1.82. The van der Waals surface area contributed by atoms with Crippen molar-refractivity contribution in [3.63, 3.8) is 0 Å². The van der Waals surface area contributed by atoms with Gasteiger partial charge in [0, 0.05) is 7.05 Å². The summed E-state index contributed by atoms with van der Waals surface area (Å²) in [6.45, 7) is 0. The molecule has 1 fully saturated rings. The van der Waals surface area contributed by atoms with Gasteiger partial charge in [0.1, 0.15) is 5.82 Å². The standard InChI is InChI=1S/C13H20N4O2/c1-17(10-4-2-3-5-11(10)18)13-9(12(15)19)6-8(14)7-16-13/h6-7,10-11,18H,2-5,14H2,1H3,(H2,15,19). The molecule has 1 saturated carbocycles. The van der Waals surface area contributed by atoms with E-state index >= 15 is 0 Å². The van der Waals surface area contributed by atoms with E-state index in [2.05, 4.69) is 4.98 Å². The highest BCUT2D eigenvalue weighted by Crippen LogP contribution is 2.28. The molecule has 0 saturated heterocycles. The number of nitrogens with zero attached hydrogens (tertiary/aromatic N) is 2. The number of aliphatic hydroxyl groups excluding tert-OH is 1. The lowest BCUT2D eigenvalue weighted by Crippen LogP contribution is -2.44. The third-order valence-corrected chi connectivity index (χ3v) is 3.68. The van der Waals surface area contributed by atoms with E-state index in [-0.39, 0.29) is 6.04 Å². The predicted octanol–water partition coefficient (Wildman–Crippen LogP) is 0.502. The van der Waals surface area contributed by atoms with E-state index in [1.807, 2.05) is 11.9 Å². The lowest BCUT2D eigenvalue weighted by atomic mass is 9.91. The lowest BCUT2D eigenvalue weighted by molar-refractivity contribution is 0.0991. The molecule has 1 aromatic rings. The summed E-state index contributed by atoms with van der Waals surface area (Å²) in [5, 5.41) is 10.1. The molecule has 6 nitrogen and oxygen atoms in total. The third-order valence-electron chi connectivity index (χ3n) is 3.68. The molecule has 104 valence electrons. The van der Waals surface area contributed by atoms with Crippen LogP contribution in [0.25, 0.3) is 0 Å². The van der Waals surface area contributed by atoms with Gasteiger partial charge in [-0.15, -0.1) is 0 Å². The minimum absolute atomic E-state index is 0.0389. The molecule has 1 aliphatic rings. The Morgan fingerprint density at radius 3 is 2.79 bits per heavy atom. The Balaban J connectivity index is 2.32. The Morgan fingerprint density at radius 1 is 1.47 bits per heavy atom. The summed E-state index contributed by atoms with van der Waals surface area (Å²) in [4.78, 5) is 17.5. The second kappa shape index (κ2) is 5.44. The highest BCUT2D eigenvalue weighted by atomic mass is 16.3.